The average molecular weight is 331 g/mol. The van der Waals surface area contributed by atoms with Gasteiger partial charge in [-0.1, -0.05) is 0 Å². The highest BCUT2D eigenvalue weighted by atomic mass is 16.5. The molecule has 2 fully saturated rings. The fraction of sp³-hybridized carbons (Fsp3) is 0.556. The van der Waals surface area contributed by atoms with E-state index in [1.807, 2.05) is 31.2 Å². The van der Waals surface area contributed by atoms with Gasteiger partial charge in [-0.2, -0.15) is 0 Å². The van der Waals surface area contributed by atoms with Crippen LogP contribution in [0.5, 0.6) is 5.75 Å². The third-order valence-electron chi connectivity index (χ3n) is 5.19. The summed E-state index contributed by atoms with van der Waals surface area (Å²) in [5, 5.41) is 3.09. The van der Waals surface area contributed by atoms with Crippen LogP contribution in [0.3, 0.4) is 0 Å². The first kappa shape index (κ1) is 16.8. The Labute approximate surface area is 142 Å². The maximum absolute atomic E-state index is 12.6. The normalized spacial score (nSPS) is 23.0. The number of methoxy groups -OCH3 is 1. The maximum atomic E-state index is 12.6. The van der Waals surface area contributed by atoms with Crippen LogP contribution in [-0.2, 0) is 9.59 Å². The Bertz CT molecular complexity index is 627. The molecule has 6 heteroatoms. The third-order valence-corrected chi connectivity index (χ3v) is 5.19. The van der Waals surface area contributed by atoms with Crippen molar-refractivity contribution in [2.45, 2.75) is 31.7 Å². The third kappa shape index (κ3) is 3.24. The summed E-state index contributed by atoms with van der Waals surface area (Å²) in [4.78, 5) is 26.6. The van der Waals surface area contributed by atoms with Crippen molar-refractivity contribution in [2.75, 3.05) is 25.1 Å². The van der Waals surface area contributed by atoms with E-state index >= 15 is 0 Å². The largest absolute Gasteiger partial charge is 0.497 e. The Morgan fingerprint density at radius 3 is 2.58 bits per heavy atom. The molecule has 2 aliphatic rings. The maximum Gasteiger partial charge on any atom is 0.227 e. The van der Waals surface area contributed by atoms with Crippen molar-refractivity contribution >= 4 is 17.5 Å². The zero-order valence-electron chi connectivity index (χ0n) is 14.2. The second-order valence-corrected chi connectivity index (χ2v) is 6.99. The van der Waals surface area contributed by atoms with Gasteiger partial charge in [0.25, 0.3) is 0 Å². The van der Waals surface area contributed by atoms with Gasteiger partial charge >= 0.3 is 0 Å². The highest BCUT2D eigenvalue weighted by Crippen LogP contribution is 2.39. The van der Waals surface area contributed by atoms with E-state index in [1.165, 1.54) is 0 Å². The summed E-state index contributed by atoms with van der Waals surface area (Å²) in [6.07, 6.45) is 2.45. The number of nitrogens with one attached hydrogen (secondary N) is 1. The van der Waals surface area contributed by atoms with Gasteiger partial charge in [0.2, 0.25) is 11.8 Å². The molecule has 1 saturated heterocycles. The molecule has 2 amide bonds. The van der Waals surface area contributed by atoms with Crippen molar-refractivity contribution in [1.29, 1.82) is 0 Å². The van der Waals surface area contributed by atoms with Crippen LogP contribution >= 0.6 is 0 Å². The second-order valence-electron chi connectivity index (χ2n) is 6.99. The lowest BCUT2D eigenvalue weighted by molar-refractivity contribution is -0.128. The highest BCUT2D eigenvalue weighted by molar-refractivity contribution is 6.00. The van der Waals surface area contributed by atoms with Gasteiger partial charge in [-0.3, -0.25) is 9.59 Å². The van der Waals surface area contributed by atoms with Crippen molar-refractivity contribution in [1.82, 2.24) is 5.32 Å². The molecule has 1 saturated carbocycles. The monoisotopic (exact) mass is 331 g/mol. The van der Waals surface area contributed by atoms with Gasteiger partial charge in [0, 0.05) is 25.2 Å². The number of amides is 2. The summed E-state index contributed by atoms with van der Waals surface area (Å²) in [6, 6.07) is 7.31. The van der Waals surface area contributed by atoms with Gasteiger partial charge in [-0.15, -0.1) is 0 Å². The van der Waals surface area contributed by atoms with Crippen molar-refractivity contribution in [3.63, 3.8) is 0 Å². The summed E-state index contributed by atoms with van der Waals surface area (Å²) in [6.45, 7) is 2.83. The summed E-state index contributed by atoms with van der Waals surface area (Å²) in [5.41, 5.74) is 6.30. The Balaban J connectivity index is 1.66. The van der Waals surface area contributed by atoms with Crippen LogP contribution in [0.1, 0.15) is 26.2 Å². The molecule has 0 bridgehead atoms. The number of nitrogens with two attached hydrogens (primary N) is 1. The predicted molar refractivity (Wildman–Crippen MR) is 91.8 cm³/mol. The first-order valence-electron chi connectivity index (χ1n) is 8.43. The smallest absolute Gasteiger partial charge is 0.227 e. The van der Waals surface area contributed by atoms with E-state index in [9.17, 15) is 9.59 Å². The van der Waals surface area contributed by atoms with Gasteiger partial charge in [0.15, 0.2) is 0 Å². The fourth-order valence-electron chi connectivity index (χ4n) is 3.32. The number of nitrogens with zero attached hydrogens (tertiary/aromatic N) is 1. The lowest BCUT2D eigenvalue weighted by Gasteiger charge is -2.30. The molecule has 2 unspecified atom stereocenters. The van der Waals surface area contributed by atoms with E-state index in [2.05, 4.69) is 5.32 Å². The van der Waals surface area contributed by atoms with E-state index < -0.39 is 0 Å². The molecular weight excluding hydrogens is 306 g/mol. The zero-order chi connectivity index (χ0) is 17.3. The number of carbonyl (C=O) groups excluding carboxylic acids is 2. The minimum Gasteiger partial charge on any atom is -0.497 e. The van der Waals surface area contributed by atoms with Crippen LogP contribution in [0.15, 0.2) is 24.3 Å². The topological polar surface area (TPSA) is 84.7 Å². The van der Waals surface area contributed by atoms with Crippen LogP contribution in [0.25, 0.3) is 0 Å². The SMILES string of the molecule is COc1ccc(N2CC(C(=O)NC(C)(CN)C3CC3)CC2=O)cc1. The molecule has 2 atom stereocenters. The Kier molecular flexibility index (Phi) is 4.49. The van der Waals surface area contributed by atoms with Crippen LogP contribution in [0.2, 0.25) is 0 Å². The molecule has 3 rings (SSSR count). The first-order chi connectivity index (χ1) is 11.5. The molecule has 0 radical (unpaired) electrons. The zero-order valence-corrected chi connectivity index (χ0v) is 14.2. The molecule has 1 aromatic rings. The minimum absolute atomic E-state index is 0.0267. The van der Waals surface area contributed by atoms with Gasteiger partial charge in [-0.25, -0.2) is 0 Å². The fourth-order valence-corrected chi connectivity index (χ4v) is 3.32. The van der Waals surface area contributed by atoms with Gasteiger partial charge in [-0.05, 0) is 49.9 Å². The molecule has 3 N–H and O–H groups in total. The van der Waals surface area contributed by atoms with E-state index in [0.29, 0.717) is 19.0 Å². The predicted octanol–water partition coefficient (Wildman–Crippen LogP) is 1.29. The molecule has 1 aliphatic carbocycles. The van der Waals surface area contributed by atoms with Gasteiger partial charge in [0.1, 0.15) is 5.75 Å². The van der Waals surface area contributed by atoms with Crippen LogP contribution in [0.4, 0.5) is 5.69 Å². The molecule has 1 aliphatic heterocycles. The first-order valence-corrected chi connectivity index (χ1v) is 8.43. The summed E-state index contributed by atoms with van der Waals surface area (Å²) >= 11 is 0. The number of hydrogen-bond donors (Lipinski definition) is 2. The highest BCUT2D eigenvalue weighted by Gasteiger charge is 2.44. The van der Waals surface area contributed by atoms with E-state index in [0.717, 1.165) is 24.3 Å². The van der Waals surface area contributed by atoms with Gasteiger partial charge < -0.3 is 20.7 Å². The quantitative estimate of drug-likeness (QED) is 0.823. The minimum atomic E-state index is -0.354. The molecular formula is C18H25N3O3. The molecule has 0 aromatic heterocycles. The molecule has 130 valence electrons. The number of rotatable bonds is 6. The molecule has 1 aromatic carbocycles. The van der Waals surface area contributed by atoms with Crippen LogP contribution in [0, 0.1) is 11.8 Å². The van der Waals surface area contributed by atoms with Crippen molar-refractivity contribution in [3.8, 4) is 5.75 Å². The van der Waals surface area contributed by atoms with Crippen molar-refractivity contribution < 1.29 is 14.3 Å². The lowest BCUT2D eigenvalue weighted by atomic mass is 9.94. The van der Waals surface area contributed by atoms with Crippen LogP contribution in [-0.4, -0.2) is 37.6 Å². The average Bonchev–Trinajstić information content (AvgIpc) is 3.38. The Morgan fingerprint density at radius 2 is 2.04 bits per heavy atom. The standard InChI is InChI=1S/C18H25N3O3/c1-18(11-19,13-3-4-13)20-17(23)12-9-16(22)21(10-12)14-5-7-15(24-2)8-6-14/h5-8,12-13H,3-4,9-11,19H2,1-2H3,(H,20,23). The molecule has 1 heterocycles. The molecule has 6 nitrogen and oxygen atoms in total. The molecule has 0 spiro atoms. The van der Waals surface area contributed by atoms with Crippen molar-refractivity contribution in [3.05, 3.63) is 24.3 Å². The number of benzene rings is 1. The van der Waals surface area contributed by atoms with E-state index in [4.69, 9.17) is 10.5 Å². The lowest BCUT2D eigenvalue weighted by Crippen LogP contribution is -2.54. The Morgan fingerprint density at radius 1 is 1.38 bits per heavy atom. The number of anilines is 1. The van der Waals surface area contributed by atoms with E-state index in [1.54, 1.807) is 12.0 Å². The Hall–Kier alpha value is -2.08. The van der Waals surface area contributed by atoms with Crippen molar-refractivity contribution in [2.24, 2.45) is 17.6 Å². The summed E-state index contributed by atoms with van der Waals surface area (Å²) in [7, 11) is 1.60. The number of carbonyl (C=O) groups is 2. The van der Waals surface area contributed by atoms with E-state index in [-0.39, 0.29) is 29.7 Å². The van der Waals surface area contributed by atoms with Crippen LogP contribution < -0.4 is 20.7 Å². The molecule has 24 heavy (non-hydrogen) atoms. The summed E-state index contributed by atoms with van der Waals surface area (Å²) in [5.74, 6) is 0.772. The summed E-state index contributed by atoms with van der Waals surface area (Å²) < 4.78 is 5.13. The van der Waals surface area contributed by atoms with Gasteiger partial charge in [0.05, 0.1) is 18.6 Å². The second kappa shape index (κ2) is 6.43. The number of ether oxygens (including phenoxy) is 1. The number of hydrogen-bond acceptors (Lipinski definition) is 4.